The van der Waals surface area contributed by atoms with Gasteiger partial charge in [0.1, 0.15) is 11.8 Å². The van der Waals surface area contributed by atoms with Gasteiger partial charge in [-0.25, -0.2) is 4.98 Å². The SMILES string of the molecule is COc1cccc(CNC(=O)C2c3c(ncn3C(C)C)CCN2Cc2ccccc2)c1. The monoisotopic (exact) mass is 418 g/mol. The molecule has 0 bridgehead atoms. The molecule has 6 heteroatoms. The lowest BCUT2D eigenvalue weighted by Gasteiger charge is -2.36. The summed E-state index contributed by atoms with van der Waals surface area (Å²) in [5.41, 5.74) is 4.25. The van der Waals surface area contributed by atoms with Crippen molar-refractivity contribution in [2.24, 2.45) is 0 Å². The molecule has 2 aromatic carbocycles. The molecule has 4 rings (SSSR count). The fourth-order valence-corrected chi connectivity index (χ4v) is 4.21. The number of ether oxygens (including phenoxy) is 1. The van der Waals surface area contributed by atoms with Crippen molar-refractivity contribution in [2.75, 3.05) is 13.7 Å². The van der Waals surface area contributed by atoms with Gasteiger partial charge in [-0.05, 0) is 37.1 Å². The van der Waals surface area contributed by atoms with Crippen LogP contribution in [0, 0.1) is 0 Å². The van der Waals surface area contributed by atoms with E-state index in [4.69, 9.17) is 4.74 Å². The molecule has 1 atom stereocenters. The Bertz CT molecular complexity index is 1030. The maximum absolute atomic E-state index is 13.5. The van der Waals surface area contributed by atoms with Gasteiger partial charge in [0, 0.05) is 32.1 Å². The van der Waals surface area contributed by atoms with Crippen LogP contribution in [0.1, 0.15) is 48.4 Å². The van der Waals surface area contributed by atoms with Gasteiger partial charge < -0.3 is 14.6 Å². The van der Waals surface area contributed by atoms with E-state index in [1.165, 1.54) is 5.56 Å². The third-order valence-electron chi connectivity index (χ3n) is 5.81. The van der Waals surface area contributed by atoms with E-state index in [2.05, 4.69) is 45.7 Å². The summed E-state index contributed by atoms with van der Waals surface area (Å²) < 4.78 is 7.45. The molecule has 6 nitrogen and oxygen atoms in total. The zero-order valence-electron chi connectivity index (χ0n) is 18.4. The van der Waals surface area contributed by atoms with Crippen LogP contribution >= 0.6 is 0 Å². The van der Waals surface area contributed by atoms with Gasteiger partial charge in [-0.1, -0.05) is 42.5 Å². The number of amides is 1. The summed E-state index contributed by atoms with van der Waals surface area (Å²) >= 11 is 0. The molecule has 1 amide bonds. The predicted molar refractivity (Wildman–Crippen MR) is 121 cm³/mol. The van der Waals surface area contributed by atoms with Gasteiger partial charge in [0.25, 0.3) is 0 Å². The van der Waals surface area contributed by atoms with Crippen molar-refractivity contribution in [2.45, 2.75) is 45.4 Å². The van der Waals surface area contributed by atoms with Crippen molar-refractivity contribution in [1.29, 1.82) is 0 Å². The van der Waals surface area contributed by atoms with Gasteiger partial charge in [-0.3, -0.25) is 9.69 Å². The van der Waals surface area contributed by atoms with Crippen molar-refractivity contribution in [3.63, 3.8) is 0 Å². The molecule has 1 aromatic heterocycles. The maximum Gasteiger partial charge on any atom is 0.243 e. The fraction of sp³-hybridized carbons (Fsp3) is 0.360. The second-order valence-electron chi connectivity index (χ2n) is 8.26. The third-order valence-corrected chi connectivity index (χ3v) is 5.81. The van der Waals surface area contributed by atoms with Crippen LogP contribution in [0.2, 0.25) is 0 Å². The Balaban J connectivity index is 1.60. The molecule has 1 aliphatic heterocycles. The zero-order chi connectivity index (χ0) is 21.8. The first-order valence-electron chi connectivity index (χ1n) is 10.8. The average Bonchev–Trinajstić information content (AvgIpc) is 3.22. The van der Waals surface area contributed by atoms with E-state index in [1.54, 1.807) is 7.11 Å². The van der Waals surface area contributed by atoms with Crippen LogP contribution in [0.5, 0.6) is 5.75 Å². The number of rotatable bonds is 7. The largest absolute Gasteiger partial charge is 0.497 e. The Morgan fingerprint density at radius 3 is 2.68 bits per heavy atom. The van der Waals surface area contributed by atoms with Crippen LogP contribution in [0.15, 0.2) is 60.9 Å². The first-order valence-corrected chi connectivity index (χ1v) is 10.8. The molecule has 0 aliphatic carbocycles. The highest BCUT2D eigenvalue weighted by Gasteiger charge is 2.36. The van der Waals surface area contributed by atoms with Gasteiger partial charge >= 0.3 is 0 Å². The molecule has 1 N–H and O–H groups in total. The molecule has 31 heavy (non-hydrogen) atoms. The number of nitrogens with one attached hydrogen (secondary N) is 1. The molecule has 2 heterocycles. The Labute approximate surface area is 183 Å². The van der Waals surface area contributed by atoms with E-state index in [-0.39, 0.29) is 18.0 Å². The number of imidazole rings is 1. The topological polar surface area (TPSA) is 59.4 Å². The van der Waals surface area contributed by atoms with E-state index >= 15 is 0 Å². The molecule has 0 saturated carbocycles. The molecular formula is C25H30N4O2. The van der Waals surface area contributed by atoms with Crippen LogP contribution in [0.4, 0.5) is 0 Å². The summed E-state index contributed by atoms with van der Waals surface area (Å²) in [6, 6.07) is 18.0. The molecular weight excluding hydrogens is 388 g/mol. The lowest BCUT2D eigenvalue weighted by molar-refractivity contribution is -0.127. The number of hydrogen-bond acceptors (Lipinski definition) is 4. The number of carbonyl (C=O) groups excluding carboxylic acids is 1. The Hall–Kier alpha value is -3.12. The summed E-state index contributed by atoms with van der Waals surface area (Å²) in [4.78, 5) is 20.4. The van der Waals surface area contributed by atoms with Crippen LogP contribution in [0.25, 0.3) is 0 Å². The van der Waals surface area contributed by atoms with Crippen molar-refractivity contribution < 1.29 is 9.53 Å². The molecule has 0 radical (unpaired) electrons. The van der Waals surface area contributed by atoms with Gasteiger partial charge in [0.15, 0.2) is 0 Å². The molecule has 0 saturated heterocycles. The van der Waals surface area contributed by atoms with Crippen molar-refractivity contribution in [1.82, 2.24) is 19.8 Å². The second kappa shape index (κ2) is 9.35. The van der Waals surface area contributed by atoms with E-state index in [0.29, 0.717) is 6.54 Å². The quantitative estimate of drug-likeness (QED) is 0.632. The number of benzene rings is 2. The van der Waals surface area contributed by atoms with Gasteiger partial charge in [-0.2, -0.15) is 0 Å². The minimum absolute atomic E-state index is 0.00195. The number of hydrogen-bond donors (Lipinski definition) is 1. The molecule has 162 valence electrons. The number of aromatic nitrogens is 2. The smallest absolute Gasteiger partial charge is 0.243 e. The first-order chi connectivity index (χ1) is 15.1. The van der Waals surface area contributed by atoms with Crippen LogP contribution in [0.3, 0.4) is 0 Å². The maximum atomic E-state index is 13.5. The Morgan fingerprint density at radius 2 is 1.94 bits per heavy atom. The van der Waals surface area contributed by atoms with E-state index in [1.807, 2.05) is 48.8 Å². The molecule has 3 aromatic rings. The number of carbonyl (C=O) groups is 1. The normalized spacial score (nSPS) is 16.2. The summed E-state index contributed by atoms with van der Waals surface area (Å²) in [5.74, 6) is 0.789. The molecule has 0 spiro atoms. The molecule has 1 aliphatic rings. The van der Waals surface area contributed by atoms with Gasteiger partial charge in [0.05, 0.1) is 24.8 Å². The van der Waals surface area contributed by atoms with E-state index < -0.39 is 0 Å². The van der Waals surface area contributed by atoms with Crippen LogP contribution in [-0.4, -0.2) is 34.0 Å². The first kappa shape index (κ1) is 21.1. The summed E-state index contributed by atoms with van der Waals surface area (Å²) in [5, 5.41) is 3.16. The zero-order valence-corrected chi connectivity index (χ0v) is 18.4. The standard InChI is InChI=1S/C25H30N4O2/c1-18(2)29-17-27-22-12-13-28(16-19-8-5-4-6-9-19)24(23(22)29)25(30)26-15-20-10-7-11-21(14-20)31-3/h4-11,14,17-18,24H,12-13,15-16H2,1-3H3,(H,26,30). The lowest BCUT2D eigenvalue weighted by Crippen LogP contribution is -2.45. The van der Waals surface area contributed by atoms with E-state index in [9.17, 15) is 4.79 Å². The minimum Gasteiger partial charge on any atom is -0.497 e. The van der Waals surface area contributed by atoms with Crippen molar-refractivity contribution >= 4 is 5.91 Å². The Morgan fingerprint density at radius 1 is 1.16 bits per heavy atom. The Kier molecular flexibility index (Phi) is 6.37. The minimum atomic E-state index is -0.375. The summed E-state index contributed by atoms with van der Waals surface area (Å²) in [6.07, 6.45) is 2.73. The summed E-state index contributed by atoms with van der Waals surface area (Å²) in [7, 11) is 1.65. The molecule has 1 unspecified atom stereocenters. The lowest BCUT2D eigenvalue weighted by atomic mass is 9.99. The van der Waals surface area contributed by atoms with Gasteiger partial charge in [-0.15, -0.1) is 0 Å². The number of methoxy groups -OCH3 is 1. The molecule has 0 fully saturated rings. The second-order valence-corrected chi connectivity index (χ2v) is 8.26. The van der Waals surface area contributed by atoms with Crippen molar-refractivity contribution in [3.8, 4) is 5.75 Å². The van der Waals surface area contributed by atoms with E-state index in [0.717, 1.165) is 42.2 Å². The third kappa shape index (κ3) is 4.64. The van der Waals surface area contributed by atoms with Gasteiger partial charge in [0.2, 0.25) is 5.91 Å². The van der Waals surface area contributed by atoms with Crippen LogP contribution in [-0.2, 0) is 24.3 Å². The number of nitrogens with zero attached hydrogens (tertiary/aromatic N) is 3. The highest BCUT2D eigenvalue weighted by molar-refractivity contribution is 5.83. The fourth-order valence-electron chi connectivity index (χ4n) is 4.21. The highest BCUT2D eigenvalue weighted by atomic mass is 16.5. The van der Waals surface area contributed by atoms with Crippen molar-refractivity contribution in [3.05, 3.63) is 83.4 Å². The average molecular weight is 419 g/mol. The highest BCUT2D eigenvalue weighted by Crippen LogP contribution is 2.32. The predicted octanol–water partition coefficient (Wildman–Crippen LogP) is 3.89. The number of fused-ring (bicyclic) bond motifs is 1. The summed E-state index contributed by atoms with van der Waals surface area (Å²) in [6.45, 7) is 6.23. The van der Waals surface area contributed by atoms with Crippen LogP contribution < -0.4 is 10.1 Å².